The minimum absolute atomic E-state index is 0.0500. The van der Waals surface area contributed by atoms with E-state index in [1.807, 2.05) is 0 Å². The molecule has 0 saturated heterocycles. The molecule has 1 aromatic heterocycles. The van der Waals surface area contributed by atoms with E-state index in [9.17, 15) is 13.6 Å². The van der Waals surface area contributed by atoms with E-state index in [0.29, 0.717) is 5.56 Å². The molecular weight excluding hydrogens is 244 g/mol. The Morgan fingerprint density at radius 3 is 2.56 bits per heavy atom. The van der Waals surface area contributed by atoms with E-state index in [1.54, 1.807) is 30.3 Å². The maximum absolute atomic E-state index is 13.0. The van der Waals surface area contributed by atoms with Crippen molar-refractivity contribution in [3.05, 3.63) is 41.7 Å². The summed E-state index contributed by atoms with van der Waals surface area (Å²) in [5.41, 5.74) is -0.147. The monoisotopic (exact) mass is 253 g/mol. The largest absolute Gasteiger partial charge is 0.463 e. The summed E-state index contributed by atoms with van der Waals surface area (Å²) in [7, 11) is 1.09. The summed E-state index contributed by atoms with van der Waals surface area (Å²) in [6.07, 6.45) is -2.87. The summed E-state index contributed by atoms with van der Waals surface area (Å²) in [6.45, 7) is 0. The van der Waals surface area contributed by atoms with Crippen molar-refractivity contribution in [2.75, 3.05) is 7.11 Å². The highest BCUT2D eigenvalue weighted by Crippen LogP contribution is 2.33. The number of nitrogens with zero attached hydrogens (tertiary/aromatic N) is 1. The van der Waals surface area contributed by atoms with Crippen molar-refractivity contribution in [3.8, 4) is 11.3 Å². The van der Waals surface area contributed by atoms with Crippen molar-refractivity contribution in [1.82, 2.24) is 5.16 Å². The van der Waals surface area contributed by atoms with Gasteiger partial charge in [0, 0.05) is 5.56 Å². The average molecular weight is 253 g/mol. The highest BCUT2D eigenvalue weighted by molar-refractivity contribution is 5.90. The molecule has 2 aromatic rings. The summed E-state index contributed by atoms with van der Waals surface area (Å²) >= 11 is 0. The summed E-state index contributed by atoms with van der Waals surface area (Å²) in [5.74, 6) is -1.54. The number of benzene rings is 1. The average Bonchev–Trinajstić information content (AvgIpc) is 2.83. The zero-order valence-electron chi connectivity index (χ0n) is 9.39. The number of rotatable bonds is 3. The van der Waals surface area contributed by atoms with Gasteiger partial charge in [0.25, 0.3) is 12.2 Å². The topological polar surface area (TPSA) is 52.3 Å². The first-order valence-electron chi connectivity index (χ1n) is 5.06. The van der Waals surface area contributed by atoms with Crippen LogP contribution in [0.1, 0.15) is 22.5 Å². The standard InChI is InChI=1S/C12H9F2NO3/c1-17-12(16)10-8(11(13)14)9(15-18-10)7-5-3-2-4-6-7/h2-6,11H,1H3. The van der Waals surface area contributed by atoms with E-state index in [0.717, 1.165) is 7.11 Å². The van der Waals surface area contributed by atoms with Gasteiger partial charge in [0.05, 0.1) is 7.11 Å². The van der Waals surface area contributed by atoms with Crippen molar-refractivity contribution in [3.63, 3.8) is 0 Å². The molecule has 0 N–H and O–H groups in total. The Hall–Kier alpha value is -2.24. The maximum atomic E-state index is 13.0. The van der Waals surface area contributed by atoms with Gasteiger partial charge in [0.15, 0.2) is 0 Å². The number of alkyl halides is 2. The SMILES string of the molecule is COC(=O)c1onc(-c2ccccc2)c1C(F)F. The molecule has 4 nitrogen and oxygen atoms in total. The van der Waals surface area contributed by atoms with Crippen LogP contribution in [0.25, 0.3) is 11.3 Å². The van der Waals surface area contributed by atoms with Crippen molar-refractivity contribution in [2.24, 2.45) is 0 Å². The zero-order valence-corrected chi connectivity index (χ0v) is 9.39. The van der Waals surface area contributed by atoms with Gasteiger partial charge in [-0.15, -0.1) is 0 Å². The molecule has 0 fully saturated rings. The smallest absolute Gasteiger partial charge is 0.377 e. The van der Waals surface area contributed by atoms with Gasteiger partial charge in [-0.2, -0.15) is 0 Å². The van der Waals surface area contributed by atoms with E-state index in [-0.39, 0.29) is 5.69 Å². The highest BCUT2D eigenvalue weighted by Gasteiger charge is 2.29. The van der Waals surface area contributed by atoms with Crippen LogP contribution in [0.3, 0.4) is 0 Å². The molecule has 0 amide bonds. The molecule has 0 aliphatic heterocycles. The molecule has 18 heavy (non-hydrogen) atoms. The van der Waals surface area contributed by atoms with Gasteiger partial charge in [0.2, 0.25) is 0 Å². The van der Waals surface area contributed by atoms with Crippen LogP contribution in [0.4, 0.5) is 8.78 Å². The number of carbonyl (C=O) groups excluding carboxylic acids is 1. The minimum atomic E-state index is -2.87. The number of hydrogen-bond donors (Lipinski definition) is 0. The summed E-state index contributed by atoms with van der Waals surface area (Å²) in [6, 6.07) is 8.30. The predicted molar refractivity (Wildman–Crippen MR) is 58.2 cm³/mol. The molecule has 1 heterocycles. The summed E-state index contributed by atoms with van der Waals surface area (Å²) in [4.78, 5) is 11.3. The van der Waals surface area contributed by atoms with Gasteiger partial charge in [-0.25, -0.2) is 13.6 Å². The lowest BCUT2D eigenvalue weighted by atomic mass is 10.1. The highest BCUT2D eigenvalue weighted by atomic mass is 19.3. The third-order valence-electron chi connectivity index (χ3n) is 2.36. The fraction of sp³-hybridized carbons (Fsp3) is 0.167. The molecule has 2 rings (SSSR count). The van der Waals surface area contributed by atoms with Gasteiger partial charge in [0.1, 0.15) is 11.3 Å². The zero-order chi connectivity index (χ0) is 13.1. The molecular formula is C12H9F2NO3. The molecule has 6 heteroatoms. The number of aromatic nitrogens is 1. The Balaban J connectivity index is 2.56. The number of methoxy groups -OCH3 is 1. The molecule has 0 bridgehead atoms. The number of ether oxygens (including phenoxy) is 1. The summed E-state index contributed by atoms with van der Waals surface area (Å²) in [5, 5.41) is 3.52. The Bertz CT molecular complexity index is 552. The van der Waals surface area contributed by atoms with Gasteiger partial charge >= 0.3 is 5.97 Å². The summed E-state index contributed by atoms with van der Waals surface area (Å²) < 4.78 is 35.0. The Labute approximate surface area is 101 Å². The van der Waals surface area contributed by atoms with Crippen molar-refractivity contribution in [2.45, 2.75) is 6.43 Å². The van der Waals surface area contributed by atoms with Gasteiger partial charge < -0.3 is 9.26 Å². The maximum Gasteiger partial charge on any atom is 0.377 e. The van der Waals surface area contributed by atoms with Crippen LogP contribution in [0.5, 0.6) is 0 Å². The molecule has 0 radical (unpaired) electrons. The fourth-order valence-electron chi connectivity index (χ4n) is 1.54. The lowest BCUT2D eigenvalue weighted by molar-refractivity contribution is 0.0540. The van der Waals surface area contributed by atoms with E-state index in [2.05, 4.69) is 14.4 Å². The van der Waals surface area contributed by atoms with Crippen molar-refractivity contribution >= 4 is 5.97 Å². The van der Waals surface area contributed by atoms with Gasteiger partial charge in [-0.1, -0.05) is 35.5 Å². The quantitative estimate of drug-likeness (QED) is 0.789. The number of hydrogen-bond acceptors (Lipinski definition) is 4. The van der Waals surface area contributed by atoms with Crippen LogP contribution in [0.15, 0.2) is 34.9 Å². The molecule has 0 unspecified atom stereocenters. The van der Waals surface area contributed by atoms with Crippen LogP contribution in [-0.4, -0.2) is 18.2 Å². The van der Waals surface area contributed by atoms with Crippen molar-refractivity contribution < 1.29 is 22.8 Å². The molecule has 1 aromatic carbocycles. The Morgan fingerprint density at radius 2 is 2.00 bits per heavy atom. The lowest BCUT2D eigenvalue weighted by Crippen LogP contribution is -2.03. The van der Waals surface area contributed by atoms with E-state index in [1.165, 1.54) is 0 Å². The predicted octanol–water partition coefficient (Wildman–Crippen LogP) is 3.07. The second kappa shape index (κ2) is 4.95. The first-order valence-corrected chi connectivity index (χ1v) is 5.06. The molecule has 0 atom stereocenters. The second-order valence-electron chi connectivity index (χ2n) is 3.43. The van der Waals surface area contributed by atoms with Crippen LogP contribution >= 0.6 is 0 Å². The Morgan fingerprint density at radius 1 is 1.33 bits per heavy atom. The van der Waals surface area contributed by atoms with Crippen molar-refractivity contribution in [1.29, 1.82) is 0 Å². The van der Waals surface area contributed by atoms with Crippen LogP contribution in [0, 0.1) is 0 Å². The minimum Gasteiger partial charge on any atom is -0.463 e. The molecule has 94 valence electrons. The number of carbonyl (C=O) groups is 1. The third kappa shape index (κ3) is 2.09. The third-order valence-corrected chi connectivity index (χ3v) is 2.36. The lowest BCUT2D eigenvalue weighted by Gasteiger charge is -2.01. The van der Waals surface area contributed by atoms with E-state index < -0.39 is 23.7 Å². The second-order valence-corrected chi connectivity index (χ2v) is 3.43. The number of esters is 1. The normalized spacial score (nSPS) is 10.7. The van der Waals surface area contributed by atoms with Crippen LogP contribution in [0.2, 0.25) is 0 Å². The van der Waals surface area contributed by atoms with Crippen LogP contribution in [-0.2, 0) is 4.74 Å². The van der Waals surface area contributed by atoms with Crippen LogP contribution < -0.4 is 0 Å². The molecule has 0 spiro atoms. The molecule has 0 aliphatic rings. The number of halogens is 2. The van der Waals surface area contributed by atoms with E-state index in [4.69, 9.17) is 0 Å². The first-order chi connectivity index (χ1) is 8.65. The van der Waals surface area contributed by atoms with Gasteiger partial charge in [-0.05, 0) is 0 Å². The fourth-order valence-corrected chi connectivity index (χ4v) is 1.54. The first kappa shape index (κ1) is 12.2. The Kier molecular flexibility index (Phi) is 3.36. The van der Waals surface area contributed by atoms with E-state index >= 15 is 0 Å². The van der Waals surface area contributed by atoms with Gasteiger partial charge in [-0.3, -0.25) is 0 Å². The molecule has 0 saturated carbocycles. The molecule has 0 aliphatic carbocycles.